The van der Waals surface area contributed by atoms with Crippen molar-refractivity contribution in [2.24, 2.45) is 11.8 Å². The molecule has 0 aliphatic heterocycles. The summed E-state index contributed by atoms with van der Waals surface area (Å²) >= 11 is 0. The monoisotopic (exact) mass is 183 g/mol. The Morgan fingerprint density at radius 1 is 1.31 bits per heavy atom. The van der Waals surface area contributed by atoms with Crippen molar-refractivity contribution in [2.75, 3.05) is 6.54 Å². The molecule has 2 aliphatic rings. The predicted molar refractivity (Wildman–Crippen MR) is 49.5 cm³/mol. The average molecular weight is 183 g/mol. The van der Waals surface area contributed by atoms with Gasteiger partial charge >= 0.3 is 5.97 Å². The van der Waals surface area contributed by atoms with Crippen LogP contribution in [0.2, 0.25) is 0 Å². The number of carbonyl (C=O) groups is 1. The summed E-state index contributed by atoms with van der Waals surface area (Å²) < 4.78 is 0. The van der Waals surface area contributed by atoms with Crippen molar-refractivity contribution in [1.82, 2.24) is 5.32 Å². The van der Waals surface area contributed by atoms with Gasteiger partial charge in [-0.15, -0.1) is 0 Å². The van der Waals surface area contributed by atoms with Gasteiger partial charge in [-0.05, 0) is 24.7 Å². The third-order valence-electron chi connectivity index (χ3n) is 3.53. The van der Waals surface area contributed by atoms with Crippen molar-refractivity contribution in [3.63, 3.8) is 0 Å². The summed E-state index contributed by atoms with van der Waals surface area (Å²) in [6.07, 6.45) is 6.54. The maximum Gasteiger partial charge on any atom is 0.317 e. The minimum atomic E-state index is -0.739. The maximum absolute atomic E-state index is 10.3. The lowest BCUT2D eigenvalue weighted by Crippen LogP contribution is -2.32. The van der Waals surface area contributed by atoms with Gasteiger partial charge in [-0.1, -0.05) is 19.3 Å². The standard InChI is InChI=1S/C10H17NO2/c12-10(13)6-11-9-4-7-2-1-3-8(7)5-9/h7-9,11H,1-6H2,(H,12,13). The first kappa shape index (κ1) is 9.00. The zero-order valence-corrected chi connectivity index (χ0v) is 7.83. The molecule has 0 aromatic rings. The smallest absolute Gasteiger partial charge is 0.317 e. The molecule has 2 unspecified atom stereocenters. The van der Waals surface area contributed by atoms with E-state index >= 15 is 0 Å². The fraction of sp³-hybridized carbons (Fsp3) is 0.900. The van der Waals surface area contributed by atoms with E-state index in [4.69, 9.17) is 5.11 Å². The number of aliphatic carboxylic acids is 1. The number of hydrogen-bond acceptors (Lipinski definition) is 2. The number of carboxylic acid groups (broad SMARTS) is 1. The molecule has 74 valence electrons. The number of rotatable bonds is 3. The first-order chi connectivity index (χ1) is 6.25. The number of nitrogens with one attached hydrogen (secondary N) is 1. The van der Waals surface area contributed by atoms with Gasteiger partial charge in [-0.25, -0.2) is 0 Å². The molecule has 0 spiro atoms. The molecule has 13 heavy (non-hydrogen) atoms. The number of carboxylic acids is 1. The topological polar surface area (TPSA) is 49.3 Å². The zero-order valence-electron chi connectivity index (χ0n) is 7.83. The molecule has 2 rings (SSSR count). The first-order valence-electron chi connectivity index (χ1n) is 5.21. The van der Waals surface area contributed by atoms with Gasteiger partial charge in [0, 0.05) is 6.04 Å². The van der Waals surface area contributed by atoms with Crippen LogP contribution in [0.15, 0.2) is 0 Å². The van der Waals surface area contributed by atoms with Gasteiger partial charge in [0.25, 0.3) is 0 Å². The highest BCUT2D eigenvalue weighted by atomic mass is 16.4. The van der Waals surface area contributed by atoms with E-state index in [9.17, 15) is 4.79 Å². The molecule has 3 heteroatoms. The normalized spacial score (nSPS) is 37.7. The van der Waals surface area contributed by atoms with Crippen molar-refractivity contribution in [2.45, 2.75) is 38.1 Å². The molecule has 0 aromatic heterocycles. The lowest BCUT2D eigenvalue weighted by Gasteiger charge is -2.10. The molecule has 2 saturated carbocycles. The van der Waals surface area contributed by atoms with Crippen molar-refractivity contribution in [3.05, 3.63) is 0 Å². The zero-order chi connectivity index (χ0) is 9.26. The Morgan fingerprint density at radius 3 is 2.46 bits per heavy atom. The Kier molecular flexibility index (Phi) is 2.54. The van der Waals surface area contributed by atoms with Crippen molar-refractivity contribution < 1.29 is 9.90 Å². The Morgan fingerprint density at radius 2 is 1.92 bits per heavy atom. The molecular formula is C10H17NO2. The van der Waals surface area contributed by atoms with Crippen LogP contribution in [-0.2, 0) is 4.79 Å². The second-order valence-electron chi connectivity index (χ2n) is 4.39. The highest BCUT2D eigenvalue weighted by Gasteiger charge is 2.36. The fourth-order valence-corrected chi connectivity index (χ4v) is 2.96. The highest BCUT2D eigenvalue weighted by molar-refractivity contribution is 5.69. The van der Waals surface area contributed by atoms with Crippen LogP contribution in [0, 0.1) is 11.8 Å². The minimum absolute atomic E-state index is 0.129. The largest absolute Gasteiger partial charge is 0.480 e. The summed E-state index contributed by atoms with van der Waals surface area (Å²) in [5.41, 5.74) is 0. The molecule has 0 bridgehead atoms. The third kappa shape index (κ3) is 2.02. The molecule has 2 aliphatic carbocycles. The Hall–Kier alpha value is -0.570. The van der Waals surface area contributed by atoms with Crippen molar-refractivity contribution >= 4 is 5.97 Å². The Balaban J connectivity index is 1.75. The second-order valence-corrected chi connectivity index (χ2v) is 4.39. The van der Waals surface area contributed by atoms with Crippen LogP contribution in [0.3, 0.4) is 0 Å². The lowest BCUT2D eigenvalue weighted by molar-refractivity contribution is -0.136. The summed E-state index contributed by atoms with van der Waals surface area (Å²) in [4.78, 5) is 10.3. The van der Waals surface area contributed by atoms with E-state index in [1.54, 1.807) is 0 Å². The van der Waals surface area contributed by atoms with E-state index in [0.717, 1.165) is 11.8 Å². The van der Waals surface area contributed by atoms with Crippen LogP contribution < -0.4 is 5.32 Å². The van der Waals surface area contributed by atoms with E-state index in [0.29, 0.717) is 6.04 Å². The molecule has 3 nitrogen and oxygen atoms in total. The molecule has 2 fully saturated rings. The van der Waals surface area contributed by atoms with Crippen molar-refractivity contribution in [1.29, 1.82) is 0 Å². The average Bonchev–Trinajstić information content (AvgIpc) is 2.58. The third-order valence-corrected chi connectivity index (χ3v) is 3.53. The molecule has 0 heterocycles. The summed E-state index contributed by atoms with van der Waals surface area (Å²) in [6.45, 7) is 0.129. The number of fused-ring (bicyclic) bond motifs is 1. The SMILES string of the molecule is O=C(O)CNC1CC2CCCC2C1. The van der Waals surface area contributed by atoms with Gasteiger partial charge in [0.15, 0.2) is 0 Å². The summed E-state index contributed by atoms with van der Waals surface area (Å²) in [5, 5.41) is 11.6. The molecule has 2 N–H and O–H groups in total. The van der Waals surface area contributed by atoms with Gasteiger partial charge in [0.2, 0.25) is 0 Å². The number of hydrogen-bond donors (Lipinski definition) is 2. The van der Waals surface area contributed by atoms with Gasteiger partial charge in [-0.3, -0.25) is 4.79 Å². The minimum Gasteiger partial charge on any atom is -0.480 e. The quantitative estimate of drug-likeness (QED) is 0.692. The van der Waals surface area contributed by atoms with Crippen LogP contribution in [-0.4, -0.2) is 23.7 Å². The Labute approximate surface area is 78.5 Å². The fourth-order valence-electron chi connectivity index (χ4n) is 2.96. The van der Waals surface area contributed by atoms with E-state index in [-0.39, 0.29) is 6.54 Å². The summed E-state index contributed by atoms with van der Waals surface area (Å²) in [6, 6.07) is 0.478. The van der Waals surface area contributed by atoms with Crippen LogP contribution in [0.1, 0.15) is 32.1 Å². The molecule has 2 atom stereocenters. The second kappa shape index (κ2) is 3.66. The van der Waals surface area contributed by atoms with Crippen LogP contribution >= 0.6 is 0 Å². The lowest BCUT2D eigenvalue weighted by atomic mass is 10.0. The molecule has 0 amide bonds. The maximum atomic E-state index is 10.3. The van der Waals surface area contributed by atoms with Gasteiger partial charge in [0.05, 0.1) is 6.54 Å². The summed E-state index contributed by atoms with van der Waals surface area (Å²) in [5.74, 6) is 1.05. The van der Waals surface area contributed by atoms with E-state index in [1.165, 1.54) is 32.1 Å². The van der Waals surface area contributed by atoms with Gasteiger partial charge < -0.3 is 10.4 Å². The predicted octanol–water partition coefficient (Wildman–Crippen LogP) is 1.24. The van der Waals surface area contributed by atoms with Crippen molar-refractivity contribution in [3.8, 4) is 0 Å². The summed E-state index contributed by atoms with van der Waals surface area (Å²) in [7, 11) is 0. The van der Waals surface area contributed by atoms with Crippen LogP contribution in [0.5, 0.6) is 0 Å². The van der Waals surface area contributed by atoms with E-state index in [2.05, 4.69) is 5.32 Å². The molecule has 0 saturated heterocycles. The van der Waals surface area contributed by atoms with Gasteiger partial charge in [-0.2, -0.15) is 0 Å². The first-order valence-corrected chi connectivity index (χ1v) is 5.21. The van der Waals surface area contributed by atoms with Gasteiger partial charge in [0.1, 0.15) is 0 Å². The highest BCUT2D eigenvalue weighted by Crippen LogP contribution is 2.43. The van der Waals surface area contributed by atoms with E-state index in [1.807, 2.05) is 0 Å². The molecule has 0 radical (unpaired) electrons. The Bertz CT molecular complexity index is 193. The van der Waals surface area contributed by atoms with Crippen LogP contribution in [0.25, 0.3) is 0 Å². The molecular weight excluding hydrogens is 166 g/mol. The van der Waals surface area contributed by atoms with E-state index < -0.39 is 5.97 Å². The van der Waals surface area contributed by atoms with Crippen LogP contribution in [0.4, 0.5) is 0 Å². The molecule has 0 aromatic carbocycles.